The molecule has 25 heavy (non-hydrogen) atoms. The lowest BCUT2D eigenvalue weighted by Crippen LogP contribution is -2.01. The summed E-state index contributed by atoms with van der Waals surface area (Å²) in [5, 5.41) is 0. The van der Waals surface area contributed by atoms with Crippen LogP contribution in [0.25, 0.3) is 16.7 Å². The van der Waals surface area contributed by atoms with Gasteiger partial charge in [0, 0.05) is 5.56 Å². The maximum Gasteiger partial charge on any atom is 0.131 e. The van der Waals surface area contributed by atoms with Gasteiger partial charge in [-0.05, 0) is 73.4 Å². The Morgan fingerprint density at radius 2 is 1.68 bits per heavy atom. The lowest BCUT2D eigenvalue weighted by molar-refractivity contribution is 0.533. The van der Waals surface area contributed by atoms with Gasteiger partial charge in [-0.25, -0.2) is 8.78 Å². The monoisotopic (exact) mass is 340 g/mol. The Labute approximate surface area is 149 Å². The predicted molar refractivity (Wildman–Crippen MR) is 103 cm³/mol. The summed E-state index contributed by atoms with van der Waals surface area (Å²) in [7, 11) is 0. The Hall–Kier alpha value is -2.22. The third-order valence-corrected chi connectivity index (χ3v) is 4.50. The third kappa shape index (κ3) is 4.88. The van der Waals surface area contributed by atoms with E-state index in [4.69, 9.17) is 0 Å². The van der Waals surface area contributed by atoms with Crippen LogP contribution in [-0.4, -0.2) is 0 Å². The summed E-state index contributed by atoms with van der Waals surface area (Å²) >= 11 is 0. The van der Waals surface area contributed by atoms with Crippen LogP contribution < -0.4 is 0 Å². The highest BCUT2D eigenvalue weighted by Crippen LogP contribution is 2.32. The third-order valence-electron chi connectivity index (χ3n) is 4.50. The van der Waals surface area contributed by atoms with Gasteiger partial charge in [0.2, 0.25) is 0 Å². The van der Waals surface area contributed by atoms with Crippen LogP contribution in [0.4, 0.5) is 8.78 Å². The van der Waals surface area contributed by atoms with Gasteiger partial charge in [-0.2, -0.15) is 0 Å². The summed E-state index contributed by atoms with van der Waals surface area (Å²) in [6.45, 7) is 9.19. The molecule has 0 N–H and O–H groups in total. The number of hydrogen-bond acceptors (Lipinski definition) is 0. The maximum atomic E-state index is 14.5. The Bertz CT molecular complexity index is 772. The van der Waals surface area contributed by atoms with E-state index in [1.54, 1.807) is 37.3 Å². The fraction of sp³-hybridized carbons (Fsp3) is 0.304. The summed E-state index contributed by atoms with van der Waals surface area (Å²) in [5.41, 5.74) is 3.77. The topological polar surface area (TPSA) is 0 Å². The van der Waals surface area contributed by atoms with Crippen molar-refractivity contribution >= 4 is 5.57 Å². The molecule has 2 aromatic rings. The van der Waals surface area contributed by atoms with Crippen LogP contribution in [0.5, 0.6) is 0 Å². The van der Waals surface area contributed by atoms with Gasteiger partial charge in [0.25, 0.3) is 0 Å². The summed E-state index contributed by atoms with van der Waals surface area (Å²) in [5.74, 6) is 0.119. The molecule has 0 radical (unpaired) electrons. The Morgan fingerprint density at radius 1 is 1.04 bits per heavy atom. The Morgan fingerprint density at radius 3 is 2.24 bits per heavy atom. The van der Waals surface area contributed by atoms with Crippen LogP contribution in [-0.2, 0) is 0 Å². The summed E-state index contributed by atoms with van der Waals surface area (Å²) < 4.78 is 28.1. The quantitative estimate of drug-likeness (QED) is 0.502. The van der Waals surface area contributed by atoms with E-state index in [1.165, 1.54) is 11.6 Å². The molecule has 1 aliphatic carbocycles. The van der Waals surface area contributed by atoms with Crippen molar-refractivity contribution in [2.75, 3.05) is 0 Å². The van der Waals surface area contributed by atoms with E-state index in [9.17, 15) is 8.78 Å². The lowest BCUT2D eigenvalue weighted by atomic mass is 9.87. The van der Waals surface area contributed by atoms with Crippen molar-refractivity contribution in [3.63, 3.8) is 0 Å². The second-order valence-corrected chi connectivity index (χ2v) is 6.68. The van der Waals surface area contributed by atoms with Gasteiger partial charge in [0.05, 0.1) is 0 Å². The zero-order valence-electron chi connectivity index (χ0n) is 15.3. The molecule has 1 atom stereocenters. The standard InChI is InChI=1S/C20H20F2.C3H6/c1-13-3-6-15(7-4-13)16-9-10-18(20(22)11-16)17-8-5-14(2)19(21)12-17;1-3-2/h5-6,8-13H,3-4,7H2,1-2H3;3H,1H2,2H3. The van der Waals surface area contributed by atoms with Crippen LogP contribution in [0.15, 0.2) is 55.1 Å². The molecule has 2 heteroatoms. The highest BCUT2D eigenvalue weighted by atomic mass is 19.1. The van der Waals surface area contributed by atoms with Crippen molar-refractivity contribution < 1.29 is 8.78 Å². The number of allylic oxidation sites excluding steroid dienone is 3. The van der Waals surface area contributed by atoms with Crippen LogP contribution >= 0.6 is 0 Å². The molecule has 0 saturated carbocycles. The number of aryl methyl sites for hydroxylation is 1. The zero-order chi connectivity index (χ0) is 18.4. The number of halogens is 2. The molecule has 3 rings (SSSR count). The van der Waals surface area contributed by atoms with Crippen LogP contribution in [0.3, 0.4) is 0 Å². The minimum atomic E-state index is -0.301. The number of rotatable bonds is 2. The van der Waals surface area contributed by atoms with E-state index in [1.807, 2.05) is 13.0 Å². The van der Waals surface area contributed by atoms with Crippen molar-refractivity contribution in [1.29, 1.82) is 0 Å². The fourth-order valence-corrected chi connectivity index (χ4v) is 2.94. The molecule has 0 aromatic heterocycles. The summed E-state index contributed by atoms with van der Waals surface area (Å²) in [4.78, 5) is 0. The molecule has 0 aliphatic heterocycles. The van der Waals surface area contributed by atoms with Gasteiger partial charge in [-0.1, -0.05) is 43.3 Å². The van der Waals surface area contributed by atoms with Crippen molar-refractivity contribution in [3.05, 3.63) is 77.9 Å². The second-order valence-electron chi connectivity index (χ2n) is 6.68. The Balaban J connectivity index is 0.000000701. The second kappa shape index (κ2) is 8.75. The molecule has 1 unspecified atom stereocenters. The highest BCUT2D eigenvalue weighted by molar-refractivity contribution is 5.71. The average Bonchev–Trinajstić information content (AvgIpc) is 2.59. The first-order valence-corrected chi connectivity index (χ1v) is 8.78. The molecule has 0 saturated heterocycles. The highest BCUT2D eigenvalue weighted by Gasteiger charge is 2.14. The van der Waals surface area contributed by atoms with E-state index >= 15 is 0 Å². The molecule has 0 amide bonds. The first-order chi connectivity index (χ1) is 12.0. The largest absolute Gasteiger partial charge is 0.207 e. The Kier molecular flexibility index (Phi) is 6.69. The van der Waals surface area contributed by atoms with E-state index in [-0.39, 0.29) is 11.6 Å². The summed E-state index contributed by atoms with van der Waals surface area (Å²) in [6, 6.07) is 10.1. The van der Waals surface area contributed by atoms with Crippen molar-refractivity contribution in [2.24, 2.45) is 5.92 Å². The van der Waals surface area contributed by atoms with Crippen LogP contribution in [0.2, 0.25) is 0 Å². The van der Waals surface area contributed by atoms with Gasteiger partial charge >= 0.3 is 0 Å². The van der Waals surface area contributed by atoms with E-state index in [0.717, 1.165) is 24.8 Å². The molecule has 132 valence electrons. The van der Waals surface area contributed by atoms with Crippen molar-refractivity contribution in [1.82, 2.24) is 0 Å². The molecule has 0 heterocycles. The molecule has 0 nitrogen and oxygen atoms in total. The maximum absolute atomic E-state index is 14.5. The lowest BCUT2D eigenvalue weighted by Gasteiger charge is -2.19. The first kappa shape index (κ1) is 19.1. The number of hydrogen-bond donors (Lipinski definition) is 0. The van der Waals surface area contributed by atoms with Crippen LogP contribution in [0.1, 0.15) is 44.2 Å². The van der Waals surface area contributed by atoms with E-state index in [2.05, 4.69) is 19.6 Å². The van der Waals surface area contributed by atoms with Crippen molar-refractivity contribution in [2.45, 2.75) is 40.0 Å². The van der Waals surface area contributed by atoms with Gasteiger partial charge < -0.3 is 0 Å². The molecule has 1 aliphatic rings. The van der Waals surface area contributed by atoms with Gasteiger partial charge in [0.15, 0.2) is 0 Å². The smallest absolute Gasteiger partial charge is 0.131 e. The minimum absolute atomic E-state index is 0.291. The van der Waals surface area contributed by atoms with E-state index in [0.29, 0.717) is 22.6 Å². The molecule has 0 bridgehead atoms. The molecule has 0 fully saturated rings. The normalized spacial score (nSPS) is 16.5. The van der Waals surface area contributed by atoms with Crippen LogP contribution in [0, 0.1) is 24.5 Å². The molecule has 2 aromatic carbocycles. The summed E-state index contributed by atoms with van der Waals surface area (Å²) in [6.07, 6.45) is 7.17. The SMILES string of the molecule is C=CC.Cc1ccc(-c2ccc(C3=CCC(C)CC3)cc2F)cc1F. The van der Waals surface area contributed by atoms with E-state index < -0.39 is 0 Å². The average molecular weight is 340 g/mol. The fourth-order valence-electron chi connectivity index (χ4n) is 2.94. The van der Waals surface area contributed by atoms with Gasteiger partial charge in [-0.3, -0.25) is 0 Å². The minimum Gasteiger partial charge on any atom is -0.207 e. The predicted octanol–water partition coefficient (Wildman–Crippen LogP) is 7.34. The van der Waals surface area contributed by atoms with Gasteiger partial charge in [-0.15, -0.1) is 6.58 Å². The molecular weight excluding hydrogens is 314 g/mol. The molecule has 0 spiro atoms. The first-order valence-electron chi connectivity index (χ1n) is 8.78. The molecular formula is C23H26F2. The zero-order valence-corrected chi connectivity index (χ0v) is 15.3. The van der Waals surface area contributed by atoms with Gasteiger partial charge in [0.1, 0.15) is 11.6 Å². The number of benzene rings is 2. The van der Waals surface area contributed by atoms with Crippen molar-refractivity contribution in [3.8, 4) is 11.1 Å².